The van der Waals surface area contributed by atoms with Crippen molar-refractivity contribution in [3.63, 3.8) is 0 Å². The van der Waals surface area contributed by atoms with Crippen LogP contribution in [0.3, 0.4) is 0 Å². The Bertz CT molecular complexity index is 993. The van der Waals surface area contributed by atoms with Gasteiger partial charge >= 0.3 is 5.97 Å². The van der Waals surface area contributed by atoms with Gasteiger partial charge in [-0.25, -0.2) is 4.98 Å². The predicted molar refractivity (Wildman–Crippen MR) is 157 cm³/mol. The first-order chi connectivity index (χ1) is 19.0. The first kappa shape index (κ1) is 31.0. The predicted octanol–water partition coefficient (Wildman–Crippen LogP) is 6.11. The smallest absolute Gasteiger partial charge is 0.322 e. The Labute approximate surface area is 238 Å². The molecule has 1 aliphatic rings. The molecule has 1 saturated heterocycles. The van der Waals surface area contributed by atoms with Crippen molar-refractivity contribution in [3.05, 3.63) is 46.5 Å². The average Bonchev–Trinajstić information content (AvgIpc) is 3.40. The second-order valence-corrected chi connectivity index (χ2v) is 11.3. The van der Waals surface area contributed by atoms with Crippen molar-refractivity contribution >= 4 is 28.3 Å². The van der Waals surface area contributed by atoms with Crippen LogP contribution in [0.25, 0.3) is 0 Å². The van der Waals surface area contributed by atoms with Crippen LogP contribution in [0.15, 0.2) is 30.5 Å². The van der Waals surface area contributed by atoms with Crippen molar-refractivity contribution in [2.24, 2.45) is 0 Å². The van der Waals surface area contributed by atoms with Crippen LogP contribution in [0.5, 0.6) is 0 Å². The molecule has 2 heterocycles. The largest absolute Gasteiger partial charge is 0.378 e. The lowest BCUT2D eigenvalue weighted by Crippen LogP contribution is -2.36. The van der Waals surface area contributed by atoms with E-state index in [0.717, 1.165) is 41.5 Å². The van der Waals surface area contributed by atoms with E-state index in [0.29, 0.717) is 38.4 Å². The quantitative estimate of drug-likeness (QED) is 0.175. The molecule has 1 aromatic heterocycles. The molecule has 216 valence electrons. The third kappa shape index (κ3) is 12.1. The first-order valence-corrected chi connectivity index (χ1v) is 15.4. The van der Waals surface area contributed by atoms with E-state index in [1.54, 1.807) is 16.4 Å². The van der Waals surface area contributed by atoms with Gasteiger partial charge in [0.1, 0.15) is 0 Å². The van der Waals surface area contributed by atoms with Crippen LogP contribution in [-0.2, 0) is 27.5 Å². The number of carbonyl (C=O) groups excluding carboxylic acids is 2. The number of rotatable bonds is 18. The van der Waals surface area contributed by atoms with E-state index >= 15 is 0 Å². The van der Waals surface area contributed by atoms with Gasteiger partial charge in [-0.3, -0.25) is 9.59 Å². The van der Waals surface area contributed by atoms with Crippen molar-refractivity contribution in [1.29, 1.82) is 0 Å². The van der Waals surface area contributed by atoms with Gasteiger partial charge in [-0.2, -0.15) is 0 Å². The summed E-state index contributed by atoms with van der Waals surface area (Å²) in [6.07, 6.45) is 14.6. The van der Waals surface area contributed by atoms with Crippen LogP contribution in [0, 0.1) is 0 Å². The SMILES string of the molecule is CCCCCCCCCCCCNC(=O)c1cccc(CN(Cc2cnc(N3CCOCC3)s2)OC(C)=O)c1. The number of carbonyl (C=O) groups is 2. The Balaban J connectivity index is 1.42. The molecule has 0 aliphatic carbocycles. The zero-order valence-electron chi connectivity index (χ0n) is 23.8. The third-order valence-electron chi connectivity index (χ3n) is 6.78. The molecule has 0 bridgehead atoms. The fourth-order valence-corrected chi connectivity index (χ4v) is 5.64. The molecule has 1 N–H and O–H groups in total. The molecule has 0 spiro atoms. The number of nitrogens with zero attached hydrogens (tertiary/aromatic N) is 3. The Morgan fingerprint density at radius 2 is 1.72 bits per heavy atom. The monoisotopic (exact) mass is 558 g/mol. The van der Waals surface area contributed by atoms with Gasteiger partial charge in [0.15, 0.2) is 5.13 Å². The van der Waals surface area contributed by atoms with Crippen molar-refractivity contribution in [3.8, 4) is 0 Å². The summed E-state index contributed by atoms with van der Waals surface area (Å²) in [6, 6.07) is 7.52. The maximum absolute atomic E-state index is 12.7. The minimum absolute atomic E-state index is 0.0654. The third-order valence-corrected chi connectivity index (χ3v) is 7.82. The number of ether oxygens (including phenoxy) is 1. The number of amides is 1. The van der Waals surface area contributed by atoms with Crippen molar-refractivity contribution < 1.29 is 19.2 Å². The number of benzene rings is 1. The minimum Gasteiger partial charge on any atom is -0.378 e. The van der Waals surface area contributed by atoms with E-state index in [2.05, 4.69) is 22.1 Å². The summed E-state index contributed by atoms with van der Waals surface area (Å²) in [5.74, 6) is -0.442. The summed E-state index contributed by atoms with van der Waals surface area (Å²) in [6.45, 7) is 8.22. The van der Waals surface area contributed by atoms with Gasteiger partial charge in [-0.1, -0.05) is 76.8 Å². The van der Waals surface area contributed by atoms with E-state index in [-0.39, 0.29) is 11.9 Å². The zero-order chi connectivity index (χ0) is 27.7. The molecule has 3 rings (SSSR count). The lowest BCUT2D eigenvalue weighted by atomic mass is 10.1. The lowest BCUT2D eigenvalue weighted by Gasteiger charge is -2.26. The zero-order valence-corrected chi connectivity index (χ0v) is 24.6. The standard InChI is InChI=1S/C30H46N4O4S/c1-3-4-5-6-7-8-9-10-11-12-16-31-29(36)27-15-13-14-26(21-27)23-34(38-25(2)35)24-28-22-32-30(39-28)33-17-19-37-20-18-33/h13-15,21-22H,3-12,16-20,23-24H2,1-2H3,(H,31,36). The number of hydroxylamine groups is 2. The first-order valence-electron chi connectivity index (χ1n) is 14.6. The number of thiazole rings is 1. The van der Waals surface area contributed by atoms with Gasteiger partial charge in [-0.15, -0.1) is 16.4 Å². The molecule has 8 nitrogen and oxygen atoms in total. The van der Waals surface area contributed by atoms with Crippen molar-refractivity contribution in [2.75, 3.05) is 37.7 Å². The second-order valence-electron chi connectivity index (χ2n) is 10.2. The topological polar surface area (TPSA) is 84.0 Å². The lowest BCUT2D eigenvalue weighted by molar-refractivity contribution is -0.193. The van der Waals surface area contributed by atoms with E-state index in [9.17, 15) is 9.59 Å². The molecule has 2 aromatic rings. The van der Waals surface area contributed by atoms with Crippen LogP contribution in [-0.4, -0.2) is 54.8 Å². The van der Waals surface area contributed by atoms with E-state index in [1.165, 1.54) is 58.3 Å². The molecule has 0 unspecified atom stereocenters. The fourth-order valence-electron chi connectivity index (χ4n) is 4.68. The maximum atomic E-state index is 12.7. The van der Waals surface area contributed by atoms with Crippen molar-refractivity contribution in [2.45, 2.75) is 91.1 Å². The van der Waals surface area contributed by atoms with E-state index in [4.69, 9.17) is 9.57 Å². The number of aromatic nitrogens is 1. The Morgan fingerprint density at radius 3 is 2.41 bits per heavy atom. The van der Waals surface area contributed by atoms with Crippen LogP contribution in [0.1, 0.15) is 98.9 Å². The summed E-state index contributed by atoms with van der Waals surface area (Å²) < 4.78 is 5.43. The molecule has 1 aliphatic heterocycles. The summed E-state index contributed by atoms with van der Waals surface area (Å²) >= 11 is 1.60. The van der Waals surface area contributed by atoms with Crippen LogP contribution >= 0.6 is 11.3 Å². The average molecular weight is 559 g/mol. The summed E-state index contributed by atoms with van der Waals surface area (Å²) in [4.78, 5) is 37.8. The molecular formula is C30H46N4O4S. The van der Waals surface area contributed by atoms with Crippen molar-refractivity contribution in [1.82, 2.24) is 15.4 Å². The van der Waals surface area contributed by atoms with Crippen LogP contribution in [0.2, 0.25) is 0 Å². The molecule has 9 heteroatoms. The molecule has 1 amide bonds. The van der Waals surface area contributed by atoms with Gasteiger partial charge in [0, 0.05) is 43.2 Å². The number of morpholine rings is 1. The number of nitrogens with one attached hydrogen (secondary N) is 1. The van der Waals surface area contributed by atoms with Crippen LogP contribution in [0.4, 0.5) is 5.13 Å². The summed E-state index contributed by atoms with van der Waals surface area (Å²) in [7, 11) is 0. The summed E-state index contributed by atoms with van der Waals surface area (Å²) in [5.41, 5.74) is 1.52. The Morgan fingerprint density at radius 1 is 1.03 bits per heavy atom. The van der Waals surface area contributed by atoms with Gasteiger partial charge in [0.05, 0.1) is 26.3 Å². The number of unbranched alkanes of at least 4 members (excludes halogenated alkanes) is 9. The summed E-state index contributed by atoms with van der Waals surface area (Å²) in [5, 5.41) is 5.63. The van der Waals surface area contributed by atoms with Gasteiger partial charge in [-0.05, 0) is 24.1 Å². The number of hydrogen-bond donors (Lipinski definition) is 1. The van der Waals surface area contributed by atoms with E-state index in [1.807, 2.05) is 30.5 Å². The molecule has 0 radical (unpaired) electrons. The highest BCUT2D eigenvalue weighted by atomic mass is 32.1. The molecular weight excluding hydrogens is 512 g/mol. The number of hydrogen-bond acceptors (Lipinski definition) is 8. The Kier molecular flexibility index (Phi) is 14.3. The molecule has 1 aromatic carbocycles. The van der Waals surface area contributed by atoms with Gasteiger partial charge < -0.3 is 19.8 Å². The molecule has 0 saturated carbocycles. The van der Waals surface area contributed by atoms with Gasteiger partial charge in [0.25, 0.3) is 5.91 Å². The minimum atomic E-state index is -0.377. The van der Waals surface area contributed by atoms with E-state index < -0.39 is 0 Å². The molecule has 39 heavy (non-hydrogen) atoms. The van der Waals surface area contributed by atoms with Crippen LogP contribution < -0.4 is 10.2 Å². The van der Waals surface area contributed by atoms with Gasteiger partial charge in [0.2, 0.25) is 0 Å². The fraction of sp³-hybridized carbons (Fsp3) is 0.633. The second kappa shape index (κ2) is 18.0. The molecule has 1 fully saturated rings. The highest BCUT2D eigenvalue weighted by Crippen LogP contribution is 2.25. The Hall–Kier alpha value is -2.49. The normalized spacial score (nSPS) is 13.6. The highest BCUT2D eigenvalue weighted by molar-refractivity contribution is 7.15. The maximum Gasteiger partial charge on any atom is 0.322 e. The highest BCUT2D eigenvalue weighted by Gasteiger charge is 2.18. The number of anilines is 1. The molecule has 0 atom stereocenters.